The van der Waals surface area contributed by atoms with Crippen LogP contribution in [0.3, 0.4) is 0 Å². The van der Waals surface area contributed by atoms with Gasteiger partial charge in [0.15, 0.2) is 0 Å². The smallest absolute Gasteiger partial charge is 0.331 e. The van der Waals surface area contributed by atoms with E-state index in [0.717, 1.165) is 5.56 Å². The minimum atomic E-state index is -0.627. The number of nitrogens with one attached hydrogen (secondary N) is 1. The molecule has 8 heteroatoms. The van der Waals surface area contributed by atoms with Crippen molar-refractivity contribution in [3.8, 4) is 0 Å². The van der Waals surface area contributed by atoms with E-state index in [0.29, 0.717) is 44.8 Å². The normalized spacial score (nSPS) is 14.8. The number of carbonyl (C=O) groups is 3. The molecule has 2 amide bonds. The topological polar surface area (TPSA) is 99.2 Å². The number of carbonyl (C=O) groups excluding carboxylic acids is 3. The highest BCUT2D eigenvalue weighted by atomic mass is 16.5. The number of hydrogen-bond acceptors (Lipinski definition) is 6. The molecule has 0 radical (unpaired) electrons. The quantitative estimate of drug-likeness (QED) is 0.641. The van der Waals surface area contributed by atoms with Crippen LogP contribution in [0.5, 0.6) is 0 Å². The van der Waals surface area contributed by atoms with E-state index in [1.54, 1.807) is 17.0 Å². The van der Waals surface area contributed by atoms with Gasteiger partial charge >= 0.3 is 5.97 Å². The third-order valence-electron chi connectivity index (χ3n) is 4.17. The Labute approximate surface area is 152 Å². The fourth-order valence-electron chi connectivity index (χ4n) is 2.73. The summed E-state index contributed by atoms with van der Waals surface area (Å²) in [6.45, 7) is 4.67. The maximum Gasteiger partial charge on any atom is 0.331 e. The van der Waals surface area contributed by atoms with Crippen LogP contribution in [-0.4, -0.2) is 78.6 Å². The number of ether oxygens (including phenoxy) is 1. The molecule has 2 rings (SSSR count). The molecule has 26 heavy (non-hydrogen) atoms. The second kappa shape index (κ2) is 9.88. The van der Waals surface area contributed by atoms with E-state index in [1.807, 2.05) is 12.1 Å². The lowest BCUT2D eigenvalue weighted by molar-refractivity contribution is -0.147. The Morgan fingerprint density at radius 3 is 2.58 bits per heavy atom. The van der Waals surface area contributed by atoms with Crippen LogP contribution >= 0.6 is 0 Å². The Bertz CT molecular complexity index is 641. The molecule has 8 nitrogen and oxygen atoms in total. The van der Waals surface area contributed by atoms with E-state index in [9.17, 15) is 14.4 Å². The number of hydrogen-bond donors (Lipinski definition) is 2. The summed E-state index contributed by atoms with van der Waals surface area (Å²) in [5, 5.41) is 11.3. The van der Waals surface area contributed by atoms with Gasteiger partial charge < -0.3 is 20.1 Å². The van der Waals surface area contributed by atoms with E-state index in [1.165, 1.54) is 6.92 Å². The molecule has 0 aliphatic carbocycles. The zero-order valence-corrected chi connectivity index (χ0v) is 14.9. The number of piperazine rings is 1. The van der Waals surface area contributed by atoms with Crippen LogP contribution in [-0.2, 0) is 20.9 Å². The molecule has 2 N–H and O–H groups in total. The van der Waals surface area contributed by atoms with Gasteiger partial charge in [-0.05, 0) is 17.7 Å². The number of aliphatic hydroxyl groups is 1. The van der Waals surface area contributed by atoms with E-state index >= 15 is 0 Å². The molecule has 0 atom stereocenters. The average Bonchev–Trinajstić information content (AvgIpc) is 2.66. The van der Waals surface area contributed by atoms with Gasteiger partial charge in [-0.3, -0.25) is 14.5 Å². The highest BCUT2D eigenvalue weighted by Crippen LogP contribution is 2.11. The van der Waals surface area contributed by atoms with Gasteiger partial charge in [0.1, 0.15) is 13.2 Å². The van der Waals surface area contributed by atoms with Crippen molar-refractivity contribution < 1.29 is 24.2 Å². The second-order valence-electron chi connectivity index (χ2n) is 6.12. The zero-order chi connectivity index (χ0) is 18.9. The molecule has 0 saturated carbocycles. The predicted octanol–water partition coefficient (Wildman–Crippen LogP) is -0.384. The molecule has 1 aliphatic rings. The Balaban J connectivity index is 1.81. The van der Waals surface area contributed by atoms with E-state index in [2.05, 4.69) is 10.2 Å². The van der Waals surface area contributed by atoms with Gasteiger partial charge in [0, 0.05) is 51.8 Å². The molecule has 1 heterocycles. The number of amides is 2. The van der Waals surface area contributed by atoms with Crippen LogP contribution < -0.4 is 5.32 Å². The Hall–Kier alpha value is -2.45. The largest absolute Gasteiger partial charge is 0.463 e. The highest BCUT2D eigenvalue weighted by molar-refractivity contribution is 5.94. The molecular formula is C18H25N3O5. The summed E-state index contributed by atoms with van der Waals surface area (Å²) in [5.74, 6) is -0.762. The average molecular weight is 363 g/mol. The van der Waals surface area contributed by atoms with Gasteiger partial charge in [-0.25, -0.2) is 4.79 Å². The van der Waals surface area contributed by atoms with Gasteiger partial charge in [-0.2, -0.15) is 0 Å². The summed E-state index contributed by atoms with van der Waals surface area (Å²) in [6, 6.07) is 7.27. The number of nitrogens with zero attached hydrogens (tertiary/aromatic N) is 2. The summed E-state index contributed by atoms with van der Waals surface area (Å²) < 4.78 is 4.85. The first-order valence-electron chi connectivity index (χ1n) is 8.61. The molecule has 1 saturated heterocycles. The van der Waals surface area contributed by atoms with Crippen molar-refractivity contribution in [2.75, 3.05) is 45.9 Å². The van der Waals surface area contributed by atoms with Gasteiger partial charge in [-0.15, -0.1) is 0 Å². The van der Waals surface area contributed by atoms with Crippen molar-refractivity contribution in [3.63, 3.8) is 0 Å². The van der Waals surface area contributed by atoms with Crippen molar-refractivity contribution in [3.05, 3.63) is 35.4 Å². The maximum atomic E-state index is 12.7. The molecule has 0 bridgehead atoms. The standard InChI is InChI=1S/C18H25N3O5/c1-14(23)19-12-15-3-2-4-16(11-15)18(25)21-7-5-20(6-8-21)9-10-26-17(24)13-22/h2-4,11,22H,5-10,12-13H2,1H3,(H,19,23). The van der Waals surface area contributed by atoms with Crippen LogP contribution in [0.15, 0.2) is 24.3 Å². The van der Waals surface area contributed by atoms with Crippen LogP contribution in [0.4, 0.5) is 0 Å². The summed E-state index contributed by atoms with van der Waals surface area (Å²) in [4.78, 5) is 38.5. The van der Waals surface area contributed by atoms with Crippen LogP contribution in [0, 0.1) is 0 Å². The molecule has 0 spiro atoms. The van der Waals surface area contributed by atoms with Crippen LogP contribution in [0.1, 0.15) is 22.8 Å². The van der Waals surface area contributed by atoms with E-state index < -0.39 is 12.6 Å². The minimum absolute atomic E-state index is 0.0268. The zero-order valence-electron chi connectivity index (χ0n) is 14.9. The SMILES string of the molecule is CC(=O)NCc1cccc(C(=O)N2CCN(CCOC(=O)CO)CC2)c1. The van der Waals surface area contributed by atoms with E-state index in [4.69, 9.17) is 9.84 Å². The Morgan fingerprint density at radius 1 is 1.19 bits per heavy atom. The number of rotatable bonds is 7. The summed E-state index contributed by atoms with van der Waals surface area (Å²) >= 11 is 0. The van der Waals surface area contributed by atoms with Gasteiger partial charge in [0.05, 0.1) is 0 Å². The first kappa shape index (κ1) is 19.9. The summed E-state index contributed by atoms with van der Waals surface area (Å²) in [5.41, 5.74) is 1.49. The molecule has 142 valence electrons. The van der Waals surface area contributed by atoms with Gasteiger partial charge in [0.25, 0.3) is 5.91 Å². The lowest BCUT2D eigenvalue weighted by atomic mass is 10.1. The second-order valence-corrected chi connectivity index (χ2v) is 6.12. The molecule has 0 aromatic heterocycles. The minimum Gasteiger partial charge on any atom is -0.463 e. The van der Waals surface area contributed by atoms with Crippen molar-refractivity contribution >= 4 is 17.8 Å². The lowest BCUT2D eigenvalue weighted by Gasteiger charge is -2.34. The van der Waals surface area contributed by atoms with E-state index in [-0.39, 0.29) is 18.4 Å². The van der Waals surface area contributed by atoms with Crippen LogP contribution in [0.2, 0.25) is 0 Å². The molecule has 1 aromatic carbocycles. The summed E-state index contributed by atoms with van der Waals surface area (Å²) in [7, 11) is 0. The number of benzene rings is 1. The number of aliphatic hydroxyl groups excluding tert-OH is 1. The van der Waals surface area contributed by atoms with Crippen molar-refractivity contribution in [2.24, 2.45) is 0 Å². The molecule has 1 fully saturated rings. The lowest BCUT2D eigenvalue weighted by Crippen LogP contribution is -2.49. The predicted molar refractivity (Wildman–Crippen MR) is 94.4 cm³/mol. The van der Waals surface area contributed by atoms with Crippen molar-refractivity contribution in [1.82, 2.24) is 15.1 Å². The maximum absolute atomic E-state index is 12.7. The Kier molecular flexibility index (Phi) is 7.55. The molecule has 1 aliphatic heterocycles. The third kappa shape index (κ3) is 6.12. The third-order valence-corrected chi connectivity index (χ3v) is 4.17. The van der Waals surface area contributed by atoms with Crippen molar-refractivity contribution in [1.29, 1.82) is 0 Å². The first-order valence-corrected chi connectivity index (χ1v) is 8.61. The number of esters is 1. The first-order chi connectivity index (χ1) is 12.5. The fraction of sp³-hybridized carbons (Fsp3) is 0.500. The fourth-order valence-corrected chi connectivity index (χ4v) is 2.73. The monoisotopic (exact) mass is 363 g/mol. The molecule has 1 aromatic rings. The van der Waals surface area contributed by atoms with Gasteiger partial charge in [0.2, 0.25) is 5.91 Å². The molecule has 0 unspecified atom stereocenters. The van der Waals surface area contributed by atoms with Crippen LogP contribution in [0.25, 0.3) is 0 Å². The molecular weight excluding hydrogens is 338 g/mol. The summed E-state index contributed by atoms with van der Waals surface area (Å²) in [6.07, 6.45) is 0. The highest BCUT2D eigenvalue weighted by Gasteiger charge is 2.22. The van der Waals surface area contributed by atoms with Gasteiger partial charge in [-0.1, -0.05) is 12.1 Å². The Morgan fingerprint density at radius 2 is 1.92 bits per heavy atom. The van der Waals surface area contributed by atoms with Crippen molar-refractivity contribution in [2.45, 2.75) is 13.5 Å².